The summed E-state index contributed by atoms with van der Waals surface area (Å²) in [5.74, 6) is -0.484. The van der Waals surface area contributed by atoms with Crippen LogP contribution in [0.1, 0.15) is 166 Å². The molecule has 0 aromatic heterocycles. The zero-order chi connectivity index (χ0) is 38.1. The molecule has 0 amide bonds. The van der Waals surface area contributed by atoms with E-state index in [1.54, 1.807) is 0 Å². The van der Waals surface area contributed by atoms with Crippen LogP contribution in [0.5, 0.6) is 0 Å². The summed E-state index contributed by atoms with van der Waals surface area (Å²) in [5, 5.41) is 0.510. The van der Waals surface area contributed by atoms with Crippen molar-refractivity contribution in [3.63, 3.8) is 0 Å². The number of hydrogen-bond donors (Lipinski definition) is 0. The number of phosphoric ester groups is 1. The largest absolute Gasteiger partial charge is 0.474 e. The van der Waals surface area contributed by atoms with Gasteiger partial charge in [-0.1, -0.05) is 177 Å². The van der Waals surface area contributed by atoms with E-state index in [0.717, 1.165) is 30.4 Å². The number of carbonyl (C=O) groups excluding carboxylic acids is 1. The molecule has 1 rings (SSSR count). The lowest BCUT2D eigenvalue weighted by Crippen LogP contribution is -2.19. The normalized spacial score (nSPS) is 16.1. The highest BCUT2D eigenvalue weighted by molar-refractivity contribution is 9.09. The van der Waals surface area contributed by atoms with Crippen molar-refractivity contribution in [1.82, 2.24) is 0 Å². The van der Waals surface area contributed by atoms with Crippen molar-refractivity contribution in [2.45, 2.75) is 166 Å². The van der Waals surface area contributed by atoms with E-state index in [1.165, 1.54) is 94.3 Å². The Hall–Kier alpha value is -1.24. The molecule has 0 heterocycles. The molecule has 1 atom stereocenters. The van der Waals surface area contributed by atoms with Crippen molar-refractivity contribution < 1.29 is 27.7 Å². The molecule has 8 heteroatoms. The molecule has 50 heavy (non-hydrogen) atoms. The van der Waals surface area contributed by atoms with Gasteiger partial charge in [0.25, 0.3) is 0 Å². The summed E-state index contributed by atoms with van der Waals surface area (Å²) in [6.45, 7) is 21.4. The maximum Gasteiger partial charge on any atom is 0.474 e. The number of ether oxygens (including phenoxy) is 1. The van der Waals surface area contributed by atoms with Crippen molar-refractivity contribution in [1.29, 1.82) is 0 Å². The molecule has 0 aliphatic heterocycles. The van der Waals surface area contributed by atoms with Crippen molar-refractivity contribution in [2.75, 3.05) is 31.8 Å². The van der Waals surface area contributed by atoms with Gasteiger partial charge in [-0.3, -0.25) is 13.6 Å². The van der Waals surface area contributed by atoms with Gasteiger partial charge in [-0.25, -0.2) is 9.36 Å². The van der Waals surface area contributed by atoms with Crippen molar-refractivity contribution in [2.24, 2.45) is 5.41 Å². The van der Waals surface area contributed by atoms with E-state index in [0.29, 0.717) is 11.9 Å². The molecular formula is C42H76BrO6P. The summed E-state index contributed by atoms with van der Waals surface area (Å²) in [6.07, 6.45) is 30.2. The maximum atomic E-state index is 13.0. The van der Waals surface area contributed by atoms with Crippen molar-refractivity contribution >= 4 is 29.7 Å². The van der Waals surface area contributed by atoms with Crippen LogP contribution in [0.3, 0.4) is 0 Å². The van der Waals surface area contributed by atoms with Gasteiger partial charge in [0, 0.05) is 11.4 Å². The molecule has 1 aliphatic carbocycles. The van der Waals surface area contributed by atoms with E-state index >= 15 is 0 Å². The maximum absolute atomic E-state index is 13.0. The fourth-order valence-electron chi connectivity index (χ4n) is 5.58. The minimum Gasteiger partial charge on any atom is -0.460 e. The quantitative estimate of drug-likeness (QED) is 0.0217. The van der Waals surface area contributed by atoms with Gasteiger partial charge in [0.15, 0.2) is 0 Å². The second kappa shape index (κ2) is 33.6. The monoisotopic (exact) mass is 786 g/mol. The molecule has 292 valence electrons. The zero-order valence-corrected chi connectivity index (χ0v) is 36.4. The van der Waals surface area contributed by atoms with Gasteiger partial charge in [-0.05, 0) is 63.0 Å². The Labute approximate surface area is 317 Å². The SMILES string of the molecule is CC.CC.CCCCCCCCCCCCCCOP(=O)(OCCBr)OCCOC(=O)/C=C(C)/C=C/C=C(C)/C=C/C1=C(C)CCCC1(C)C. The highest BCUT2D eigenvalue weighted by Gasteiger charge is 2.27. The molecule has 0 spiro atoms. The Morgan fingerprint density at radius 2 is 1.32 bits per heavy atom. The molecule has 6 nitrogen and oxygen atoms in total. The molecule has 0 aromatic rings. The van der Waals surface area contributed by atoms with Crippen molar-refractivity contribution in [3.8, 4) is 0 Å². The predicted octanol–water partition coefficient (Wildman–Crippen LogP) is 14.4. The van der Waals surface area contributed by atoms with E-state index in [1.807, 2.05) is 52.8 Å². The average Bonchev–Trinajstić information content (AvgIpc) is 3.09. The first-order valence-corrected chi connectivity index (χ1v) is 22.3. The number of esters is 1. The van der Waals surface area contributed by atoms with Gasteiger partial charge in [-0.15, -0.1) is 0 Å². The van der Waals surface area contributed by atoms with Gasteiger partial charge in [0.2, 0.25) is 0 Å². The zero-order valence-electron chi connectivity index (χ0n) is 33.9. The van der Waals surface area contributed by atoms with Crippen LogP contribution in [0.25, 0.3) is 0 Å². The van der Waals surface area contributed by atoms with E-state index < -0.39 is 13.8 Å². The lowest BCUT2D eigenvalue weighted by Gasteiger charge is -2.32. The van der Waals surface area contributed by atoms with Crippen molar-refractivity contribution in [3.05, 3.63) is 58.7 Å². The first-order chi connectivity index (χ1) is 24.0. The molecule has 0 bridgehead atoms. The summed E-state index contributed by atoms with van der Waals surface area (Å²) in [5.41, 5.74) is 5.04. The van der Waals surface area contributed by atoms with Gasteiger partial charge in [0.05, 0.1) is 19.8 Å². The second-order valence-corrected chi connectivity index (χ2v) is 15.6. The third-order valence-electron chi connectivity index (χ3n) is 8.27. The van der Waals surface area contributed by atoms with Crippen LogP contribution in [0.15, 0.2) is 58.7 Å². The molecular weight excluding hydrogens is 711 g/mol. The molecule has 0 aromatic carbocycles. The minimum atomic E-state index is -3.72. The smallest absolute Gasteiger partial charge is 0.460 e. The van der Waals surface area contributed by atoms with E-state index in [4.69, 9.17) is 18.3 Å². The van der Waals surface area contributed by atoms with Crippen LogP contribution >= 0.6 is 23.8 Å². The lowest BCUT2D eigenvalue weighted by molar-refractivity contribution is -0.138. The number of alkyl halides is 1. The first-order valence-electron chi connectivity index (χ1n) is 19.7. The molecule has 1 aliphatic rings. The molecule has 0 N–H and O–H groups in total. The van der Waals surface area contributed by atoms with E-state index in [9.17, 15) is 9.36 Å². The lowest BCUT2D eigenvalue weighted by atomic mass is 9.72. The highest BCUT2D eigenvalue weighted by atomic mass is 79.9. The predicted molar refractivity (Wildman–Crippen MR) is 220 cm³/mol. The van der Waals surface area contributed by atoms with E-state index in [-0.39, 0.29) is 25.2 Å². The molecule has 0 radical (unpaired) electrons. The molecule has 0 saturated carbocycles. The van der Waals surface area contributed by atoms with Gasteiger partial charge >= 0.3 is 13.8 Å². The van der Waals surface area contributed by atoms with E-state index in [2.05, 4.69) is 62.7 Å². The average molecular weight is 788 g/mol. The van der Waals surface area contributed by atoms with Gasteiger partial charge in [0.1, 0.15) is 6.61 Å². The Balaban J connectivity index is 0. The number of carbonyl (C=O) groups is 1. The number of unbranched alkanes of at least 4 members (excludes halogenated alkanes) is 11. The van der Waals surface area contributed by atoms with Crippen LogP contribution in [-0.4, -0.2) is 37.7 Å². The third kappa shape index (κ3) is 27.4. The van der Waals surface area contributed by atoms with Crippen LogP contribution in [0.4, 0.5) is 0 Å². The standard InChI is InChI=1S/C38H64BrO6P.2C2H6/c1-7-8-9-10-11-12-13-14-15-16-17-18-28-43-46(41,44-29-27-39)45-31-30-42-37(40)32-34(3)22-19-21-33(2)24-25-36-35(4)23-20-26-38(36,5)6;2*1-2/h19,21-22,24-25,32H,7-18,20,23,26-31H2,1-6H3;2*1-2H3/b22-19+,25-24+,33-21+,34-32+;;. The fraction of sp³-hybridized carbons (Fsp3) is 0.738. The topological polar surface area (TPSA) is 71.1 Å². The Morgan fingerprint density at radius 1 is 0.780 bits per heavy atom. The van der Waals surface area contributed by atoms with Crippen LogP contribution < -0.4 is 0 Å². The number of phosphoric acid groups is 1. The second-order valence-electron chi connectivity index (χ2n) is 13.1. The number of halogens is 1. The number of rotatable bonds is 26. The Morgan fingerprint density at radius 3 is 1.88 bits per heavy atom. The first kappa shape index (κ1) is 50.9. The Bertz CT molecular complexity index is 1060. The number of hydrogen-bond acceptors (Lipinski definition) is 6. The van der Waals surface area contributed by atoms with Crippen LogP contribution in [0, 0.1) is 5.41 Å². The summed E-state index contributed by atoms with van der Waals surface area (Å²) in [7, 11) is -3.72. The summed E-state index contributed by atoms with van der Waals surface area (Å²) >= 11 is 3.28. The molecule has 1 unspecified atom stereocenters. The fourth-order valence-corrected chi connectivity index (χ4v) is 7.18. The molecule has 0 fully saturated rings. The van der Waals surface area contributed by atoms with Crippen LogP contribution in [-0.2, 0) is 27.7 Å². The number of allylic oxidation sites excluding steroid dienone is 9. The minimum absolute atomic E-state index is 0.0502. The summed E-state index contributed by atoms with van der Waals surface area (Å²) in [4.78, 5) is 12.3. The molecule has 0 saturated heterocycles. The summed E-state index contributed by atoms with van der Waals surface area (Å²) < 4.78 is 34.6. The van der Waals surface area contributed by atoms with Crippen LogP contribution in [0.2, 0.25) is 0 Å². The third-order valence-corrected chi connectivity index (χ3v) is 10.1. The summed E-state index contributed by atoms with van der Waals surface area (Å²) in [6, 6.07) is 0. The van der Waals surface area contributed by atoms with Gasteiger partial charge < -0.3 is 4.74 Å². The van der Waals surface area contributed by atoms with Gasteiger partial charge in [-0.2, -0.15) is 0 Å². The highest BCUT2D eigenvalue weighted by Crippen LogP contribution is 2.49. The Kier molecular flexibility index (Phi) is 34.2.